The Kier molecular flexibility index (Phi) is 7.33. The van der Waals surface area contributed by atoms with Crippen LogP contribution in [0.15, 0.2) is 29.2 Å². The van der Waals surface area contributed by atoms with Gasteiger partial charge in [-0.2, -0.15) is 4.31 Å². The van der Waals surface area contributed by atoms with Gasteiger partial charge >= 0.3 is 14.2 Å². The van der Waals surface area contributed by atoms with Crippen LogP contribution in [0.25, 0.3) is 0 Å². The van der Waals surface area contributed by atoms with Gasteiger partial charge in [0.05, 0.1) is 27.3 Å². The summed E-state index contributed by atoms with van der Waals surface area (Å²) in [5, 5.41) is 0. The van der Waals surface area contributed by atoms with Gasteiger partial charge in [-0.25, -0.2) is 8.42 Å². The minimum Gasteiger partial charge on any atom is -0.403 e. The van der Waals surface area contributed by atoms with Gasteiger partial charge in [0.2, 0.25) is 10.0 Å². The van der Waals surface area contributed by atoms with Crippen LogP contribution < -0.4 is 0 Å². The van der Waals surface area contributed by atoms with E-state index in [4.69, 9.17) is 18.6 Å². The van der Waals surface area contributed by atoms with E-state index < -0.39 is 21.2 Å². The molecule has 3 aliphatic heterocycles. The average molecular weight is 519 g/mol. The van der Waals surface area contributed by atoms with Crippen molar-refractivity contribution in [3.05, 3.63) is 29.8 Å². The summed E-state index contributed by atoms with van der Waals surface area (Å²) in [5.41, 5.74) is -0.550. The van der Waals surface area contributed by atoms with Gasteiger partial charge in [-0.05, 0) is 98.9 Å². The minimum absolute atomic E-state index is 0.113. The van der Waals surface area contributed by atoms with E-state index in [1.807, 2.05) is 46.8 Å². The third kappa shape index (κ3) is 5.32. The Bertz CT molecular complexity index is 1020. The van der Waals surface area contributed by atoms with Gasteiger partial charge < -0.3 is 18.6 Å². The van der Waals surface area contributed by atoms with Gasteiger partial charge in [0.25, 0.3) is 0 Å². The molecule has 3 aliphatic rings. The van der Waals surface area contributed by atoms with Crippen LogP contribution in [-0.4, -0.2) is 62.5 Å². The molecule has 1 aromatic carbocycles. The zero-order valence-electron chi connectivity index (χ0n) is 23.5. The van der Waals surface area contributed by atoms with E-state index in [1.54, 1.807) is 16.4 Å². The van der Waals surface area contributed by atoms with Crippen molar-refractivity contribution in [3.8, 4) is 0 Å². The van der Waals surface area contributed by atoms with E-state index in [9.17, 15) is 8.42 Å². The predicted molar refractivity (Wildman–Crippen MR) is 143 cm³/mol. The maximum absolute atomic E-state index is 13.5. The predicted octanol–water partition coefficient (Wildman–Crippen LogP) is 4.81. The first kappa shape index (κ1) is 28.1. The van der Waals surface area contributed by atoms with Gasteiger partial charge in [-0.15, -0.1) is 0 Å². The molecule has 3 saturated heterocycles. The lowest BCUT2D eigenvalue weighted by Crippen LogP contribution is -2.41. The molecule has 2 atom stereocenters. The molecule has 0 unspecified atom stereocenters. The first-order chi connectivity index (χ1) is 16.4. The highest BCUT2D eigenvalue weighted by atomic mass is 32.2. The molecule has 3 heterocycles. The van der Waals surface area contributed by atoms with E-state index in [0.717, 1.165) is 18.3 Å². The molecule has 0 radical (unpaired) electrons. The molecule has 10 heteroatoms. The fraction of sp³-hybridized carbons (Fsp3) is 0.769. The third-order valence-corrected chi connectivity index (χ3v) is 10.9. The minimum atomic E-state index is -3.59. The van der Waals surface area contributed by atoms with Crippen molar-refractivity contribution < 1.29 is 27.0 Å². The monoisotopic (exact) mass is 519 g/mol. The highest BCUT2D eigenvalue weighted by Crippen LogP contribution is 2.43. The quantitative estimate of drug-likeness (QED) is 0.482. The van der Waals surface area contributed by atoms with E-state index in [1.165, 1.54) is 0 Å². The summed E-state index contributed by atoms with van der Waals surface area (Å²) >= 11 is 0. The summed E-state index contributed by atoms with van der Waals surface area (Å²) in [7, 11) is -4.24. The maximum atomic E-state index is 13.5. The highest BCUT2D eigenvalue weighted by molar-refractivity contribution is 7.89. The molecule has 0 aromatic heterocycles. The third-order valence-electron chi connectivity index (χ3n) is 9.07. The average Bonchev–Trinajstić information content (AvgIpc) is 3.29. The van der Waals surface area contributed by atoms with Crippen molar-refractivity contribution in [1.82, 2.24) is 4.31 Å². The first-order valence-corrected chi connectivity index (χ1v) is 14.7. The largest absolute Gasteiger partial charge is 0.458 e. The Labute approximate surface area is 218 Å². The number of hydrogen-bond donors (Lipinski definition) is 0. The lowest BCUT2D eigenvalue weighted by molar-refractivity contribution is 0.00578. The first-order valence-electron chi connectivity index (χ1n) is 13.2. The van der Waals surface area contributed by atoms with E-state index in [0.29, 0.717) is 24.3 Å². The second-order valence-corrected chi connectivity index (χ2v) is 14.8. The van der Waals surface area contributed by atoms with Crippen LogP contribution in [0.4, 0.5) is 0 Å². The fourth-order valence-corrected chi connectivity index (χ4v) is 6.84. The highest BCUT2D eigenvalue weighted by Gasteiger charge is 2.54. The van der Waals surface area contributed by atoms with Crippen LogP contribution in [0.1, 0.15) is 67.4 Å². The zero-order valence-corrected chi connectivity index (χ0v) is 24.3. The standard InChI is InChI=1S/C26H43B2NO6S/c1-19-10-12-22(13-11-19)36(30,31)29-17-20(14-15-27-32-23(2,3)24(4,5)33-27)21(18-29)16-28-34-25(6,7)26(8,9)35-28/h10-13,20-21H,14-18H2,1-9H3/t20-,21-/m0/s1. The van der Waals surface area contributed by atoms with Crippen molar-refractivity contribution in [2.75, 3.05) is 13.1 Å². The Morgan fingerprint density at radius 3 is 1.72 bits per heavy atom. The van der Waals surface area contributed by atoms with Crippen LogP contribution in [-0.2, 0) is 28.6 Å². The van der Waals surface area contributed by atoms with Crippen molar-refractivity contribution in [1.29, 1.82) is 0 Å². The van der Waals surface area contributed by atoms with Gasteiger partial charge in [-0.3, -0.25) is 0 Å². The number of aryl methyl sites for hydroxylation is 1. The lowest BCUT2D eigenvalue weighted by Gasteiger charge is -2.32. The van der Waals surface area contributed by atoms with E-state index >= 15 is 0 Å². The van der Waals surface area contributed by atoms with Crippen LogP contribution in [0, 0.1) is 18.8 Å². The number of hydrogen-bond acceptors (Lipinski definition) is 6. The van der Waals surface area contributed by atoms with Gasteiger partial charge in [-0.1, -0.05) is 24.1 Å². The molecule has 0 N–H and O–H groups in total. The fourth-order valence-electron chi connectivity index (χ4n) is 5.29. The van der Waals surface area contributed by atoms with Gasteiger partial charge in [0.1, 0.15) is 0 Å². The second kappa shape index (κ2) is 9.38. The number of rotatable bonds is 7. The lowest BCUT2D eigenvalue weighted by atomic mass is 9.70. The van der Waals surface area contributed by atoms with Gasteiger partial charge in [0, 0.05) is 13.1 Å². The summed E-state index contributed by atoms with van der Waals surface area (Å²) in [6, 6.07) is 7.10. The summed E-state index contributed by atoms with van der Waals surface area (Å²) in [6.07, 6.45) is 2.18. The molecule has 0 amide bonds. The van der Waals surface area contributed by atoms with Crippen molar-refractivity contribution in [2.24, 2.45) is 11.8 Å². The van der Waals surface area contributed by atoms with Crippen molar-refractivity contribution in [2.45, 2.75) is 109 Å². The summed E-state index contributed by atoms with van der Waals surface area (Å²) in [5.74, 6) is 0.269. The molecule has 1 aromatic rings. The summed E-state index contributed by atoms with van der Waals surface area (Å²) in [6.45, 7) is 19.3. The molecular formula is C26H43B2NO6S. The normalized spacial score (nSPS) is 29.2. The maximum Gasteiger partial charge on any atom is 0.458 e. The molecule has 3 fully saturated rings. The number of sulfonamides is 1. The van der Waals surface area contributed by atoms with Crippen LogP contribution in [0.2, 0.25) is 12.6 Å². The molecule has 0 aliphatic carbocycles. The van der Waals surface area contributed by atoms with E-state index in [2.05, 4.69) is 27.7 Å². The summed E-state index contributed by atoms with van der Waals surface area (Å²) < 4.78 is 53.7. The SMILES string of the molecule is Cc1ccc(S(=O)(=O)N2C[C@H](CCB3OC(C)(C)C(C)(C)O3)[C@@H](CB3OC(C)(C)C(C)(C)O3)C2)cc1. The topological polar surface area (TPSA) is 74.3 Å². The Hall–Kier alpha value is -0.900. The van der Waals surface area contributed by atoms with Crippen LogP contribution in [0.3, 0.4) is 0 Å². The van der Waals surface area contributed by atoms with E-state index in [-0.39, 0.29) is 37.3 Å². The Balaban J connectivity index is 1.50. The smallest absolute Gasteiger partial charge is 0.403 e. The van der Waals surface area contributed by atoms with Crippen molar-refractivity contribution in [3.63, 3.8) is 0 Å². The zero-order chi connectivity index (χ0) is 26.7. The second-order valence-electron chi connectivity index (χ2n) is 12.8. The molecule has 0 spiro atoms. The van der Waals surface area contributed by atoms with Crippen molar-refractivity contribution >= 4 is 24.3 Å². The Morgan fingerprint density at radius 2 is 1.22 bits per heavy atom. The molecule has 36 heavy (non-hydrogen) atoms. The molecule has 200 valence electrons. The molecular weight excluding hydrogens is 476 g/mol. The summed E-state index contributed by atoms with van der Waals surface area (Å²) in [4.78, 5) is 0.342. The molecule has 0 saturated carbocycles. The molecule has 4 rings (SSSR count). The number of benzene rings is 1. The molecule has 7 nitrogen and oxygen atoms in total. The number of nitrogens with zero attached hydrogens (tertiary/aromatic N) is 1. The molecule has 0 bridgehead atoms. The van der Waals surface area contributed by atoms with Crippen LogP contribution in [0.5, 0.6) is 0 Å². The Morgan fingerprint density at radius 1 is 0.778 bits per heavy atom. The van der Waals surface area contributed by atoms with Gasteiger partial charge in [0.15, 0.2) is 0 Å². The van der Waals surface area contributed by atoms with Crippen LogP contribution >= 0.6 is 0 Å².